The first-order valence-corrected chi connectivity index (χ1v) is 14.3. The Morgan fingerprint density at radius 2 is 1.78 bits per heavy atom. The van der Waals surface area contributed by atoms with Crippen molar-refractivity contribution in [2.75, 3.05) is 4.72 Å². The molecule has 0 aliphatic carbocycles. The molecule has 1 aromatic heterocycles. The molecule has 2 aromatic rings. The molecule has 0 radical (unpaired) electrons. The molecule has 1 aromatic carbocycles. The lowest BCUT2D eigenvalue weighted by molar-refractivity contribution is -0.164. The summed E-state index contributed by atoms with van der Waals surface area (Å²) < 4.78 is 36.0. The number of hydrogen-bond donors (Lipinski definition) is 2. The molecule has 8 nitrogen and oxygen atoms in total. The van der Waals surface area contributed by atoms with Gasteiger partial charge in [0.15, 0.2) is 5.03 Å². The number of nitrogens with zero attached hydrogens (tertiary/aromatic N) is 2. The van der Waals surface area contributed by atoms with Gasteiger partial charge in [-0.2, -0.15) is 8.42 Å². The summed E-state index contributed by atoms with van der Waals surface area (Å²) in [6.07, 6.45) is 4.44. The summed E-state index contributed by atoms with van der Waals surface area (Å²) in [5.41, 5.74) is 0.0652. The number of aliphatic hydroxyl groups is 1. The largest absolute Gasteiger partial charge is 0.512 e. The molecule has 37 heavy (non-hydrogen) atoms. The van der Waals surface area contributed by atoms with Crippen molar-refractivity contribution in [3.05, 3.63) is 53.7 Å². The van der Waals surface area contributed by atoms with E-state index in [0.717, 1.165) is 0 Å². The molecular formula is C28H41N3O5S. The number of esters is 1. The third kappa shape index (κ3) is 6.74. The number of imidazole rings is 1. The minimum absolute atomic E-state index is 0.0527. The van der Waals surface area contributed by atoms with E-state index in [-0.39, 0.29) is 22.8 Å². The van der Waals surface area contributed by atoms with Gasteiger partial charge in [-0.15, -0.1) is 0 Å². The lowest BCUT2D eigenvalue weighted by atomic mass is 9.69. The minimum Gasteiger partial charge on any atom is -0.512 e. The van der Waals surface area contributed by atoms with Crippen LogP contribution in [0.15, 0.2) is 53.1 Å². The second-order valence-electron chi connectivity index (χ2n) is 12.2. The Labute approximate surface area is 221 Å². The van der Waals surface area contributed by atoms with E-state index in [1.54, 1.807) is 29.8 Å². The van der Waals surface area contributed by atoms with E-state index in [0.29, 0.717) is 35.9 Å². The quantitative estimate of drug-likeness (QED) is 0.388. The topological polar surface area (TPSA) is 111 Å². The SMILES string of the molecule is CC(C)CC1(CC(C)C)CC(O)=C(C(c2cccc(NS(=O)(=O)c3cn(C)cn3)c2)C(C)(C)C)C(=O)O1. The second-order valence-corrected chi connectivity index (χ2v) is 13.8. The van der Waals surface area contributed by atoms with Crippen LogP contribution in [0.4, 0.5) is 5.69 Å². The molecule has 3 rings (SSSR count). The molecule has 1 atom stereocenters. The van der Waals surface area contributed by atoms with Gasteiger partial charge in [0.05, 0.1) is 11.9 Å². The highest BCUT2D eigenvalue weighted by molar-refractivity contribution is 7.92. The standard InChI is InChI=1S/C28H41N3O5S/c1-18(2)13-28(14-19(3)4)15-22(32)24(26(33)36-28)25(27(5,6)7)20-10-9-11-21(12-20)30-37(34,35)23-16-31(8)17-29-23/h9-12,16-19,25,30,32H,13-15H2,1-8H3. The average Bonchev–Trinajstić information content (AvgIpc) is 3.15. The number of carbonyl (C=O) groups excluding carboxylic acids is 1. The van der Waals surface area contributed by atoms with E-state index < -0.39 is 32.9 Å². The van der Waals surface area contributed by atoms with Crippen LogP contribution in [-0.2, 0) is 26.6 Å². The summed E-state index contributed by atoms with van der Waals surface area (Å²) in [6.45, 7) is 14.3. The molecule has 204 valence electrons. The molecular weight excluding hydrogens is 490 g/mol. The Morgan fingerprint density at radius 3 is 2.27 bits per heavy atom. The van der Waals surface area contributed by atoms with Crippen molar-refractivity contribution in [2.45, 2.75) is 84.3 Å². The van der Waals surface area contributed by atoms with Crippen molar-refractivity contribution in [3.63, 3.8) is 0 Å². The van der Waals surface area contributed by atoms with Gasteiger partial charge in [0.1, 0.15) is 11.4 Å². The van der Waals surface area contributed by atoms with Gasteiger partial charge in [-0.3, -0.25) is 4.72 Å². The Morgan fingerprint density at radius 1 is 1.16 bits per heavy atom. The van der Waals surface area contributed by atoms with Gasteiger partial charge < -0.3 is 14.4 Å². The van der Waals surface area contributed by atoms with Crippen LogP contribution in [0.25, 0.3) is 0 Å². The molecule has 1 aliphatic heterocycles. The monoisotopic (exact) mass is 531 g/mol. The van der Waals surface area contributed by atoms with Crippen LogP contribution in [-0.4, -0.2) is 34.6 Å². The number of rotatable bonds is 9. The van der Waals surface area contributed by atoms with Crippen molar-refractivity contribution in [1.82, 2.24) is 9.55 Å². The molecule has 0 saturated heterocycles. The molecule has 0 spiro atoms. The van der Waals surface area contributed by atoms with E-state index in [4.69, 9.17) is 4.74 Å². The fourth-order valence-corrected chi connectivity index (χ4v) is 6.54. The molecule has 2 heterocycles. The molecule has 2 N–H and O–H groups in total. The van der Waals surface area contributed by atoms with Crippen molar-refractivity contribution < 1.29 is 23.1 Å². The number of benzene rings is 1. The minimum atomic E-state index is -3.89. The van der Waals surface area contributed by atoms with Gasteiger partial charge in [0.2, 0.25) is 0 Å². The van der Waals surface area contributed by atoms with Crippen molar-refractivity contribution in [1.29, 1.82) is 0 Å². The predicted molar refractivity (Wildman–Crippen MR) is 145 cm³/mol. The summed E-state index contributed by atoms with van der Waals surface area (Å²) in [6, 6.07) is 6.92. The van der Waals surface area contributed by atoms with E-state index in [2.05, 4.69) is 37.4 Å². The lowest BCUT2D eigenvalue weighted by Gasteiger charge is -2.42. The predicted octanol–water partition coefficient (Wildman–Crippen LogP) is 5.94. The average molecular weight is 532 g/mol. The smallest absolute Gasteiger partial charge is 0.338 e. The number of aryl methyl sites for hydroxylation is 1. The van der Waals surface area contributed by atoms with Crippen LogP contribution in [0.2, 0.25) is 0 Å². The first kappa shape index (κ1) is 28.8. The van der Waals surface area contributed by atoms with Crippen LogP contribution in [0, 0.1) is 17.3 Å². The molecule has 9 heteroatoms. The van der Waals surface area contributed by atoms with Crippen LogP contribution in [0.5, 0.6) is 0 Å². The zero-order valence-corrected chi connectivity index (χ0v) is 24.0. The Bertz CT molecular complexity index is 1260. The highest BCUT2D eigenvalue weighted by Gasteiger charge is 2.47. The normalized spacial score (nSPS) is 17.3. The molecule has 1 unspecified atom stereocenters. The number of ether oxygens (including phenoxy) is 1. The highest BCUT2D eigenvalue weighted by Crippen LogP contribution is 2.48. The number of carbonyl (C=O) groups is 1. The fraction of sp³-hybridized carbons (Fsp3) is 0.571. The lowest BCUT2D eigenvalue weighted by Crippen LogP contribution is -2.44. The van der Waals surface area contributed by atoms with Gasteiger partial charge in [0, 0.05) is 31.3 Å². The Hall–Kier alpha value is -2.81. The van der Waals surface area contributed by atoms with Crippen molar-refractivity contribution in [3.8, 4) is 0 Å². The summed E-state index contributed by atoms with van der Waals surface area (Å²) >= 11 is 0. The Balaban J connectivity index is 2.03. The maximum atomic E-state index is 13.6. The van der Waals surface area contributed by atoms with Crippen LogP contribution in [0.1, 0.15) is 79.2 Å². The van der Waals surface area contributed by atoms with Crippen LogP contribution in [0.3, 0.4) is 0 Å². The zero-order valence-electron chi connectivity index (χ0n) is 23.2. The summed E-state index contributed by atoms with van der Waals surface area (Å²) in [4.78, 5) is 17.5. The second kappa shape index (κ2) is 10.5. The molecule has 0 bridgehead atoms. The van der Waals surface area contributed by atoms with Crippen molar-refractivity contribution >= 4 is 21.7 Å². The summed E-state index contributed by atoms with van der Waals surface area (Å²) in [5, 5.41) is 11.3. The summed E-state index contributed by atoms with van der Waals surface area (Å²) in [5.74, 6) is -0.386. The molecule has 0 amide bonds. The van der Waals surface area contributed by atoms with Gasteiger partial charge in [0.25, 0.3) is 10.0 Å². The number of nitrogens with one attached hydrogen (secondary N) is 1. The number of anilines is 1. The number of aromatic nitrogens is 2. The van der Waals surface area contributed by atoms with Gasteiger partial charge in [-0.05, 0) is 47.8 Å². The van der Waals surface area contributed by atoms with Crippen LogP contribution >= 0.6 is 0 Å². The summed E-state index contributed by atoms with van der Waals surface area (Å²) in [7, 11) is -2.19. The van der Waals surface area contributed by atoms with Gasteiger partial charge in [-0.1, -0.05) is 60.6 Å². The maximum Gasteiger partial charge on any atom is 0.338 e. The molecule has 0 fully saturated rings. The van der Waals surface area contributed by atoms with Gasteiger partial charge >= 0.3 is 5.97 Å². The van der Waals surface area contributed by atoms with Crippen molar-refractivity contribution in [2.24, 2.45) is 24.3 Å². The molecule has 0 saturated carbocycles. The van der Waals surface area contributed by atoms with E-state index in [1.807, 2.05) is 26.8 Å². The van der Waals surface area contributed by atoms with E-state index in [9.17, 15) is 18.3 Å². The third-order valence-electron chi connectivity index (χ3n) is 6.47. The number of cyclic esters (lactones) is 1. The number of aliphatic hydroxyl groups excluding tert-OH is 1. The number of sulfonamides is 1. The van der Waals surface area contributed by atoms with E-state index >= 15 is 0 Å². The first-order valence-electron chi connectivity index (χ1n) is 12.8. The maximum absolute atomic E-state index is 13.6. The fourth-order valence-electron chi connectivity index (χ4n) is 5.51. The third-order valence-corrected chi connectivity index (χ3v) is 7.74. The first-order chi connectivity index (χ1) is 17.0. The zero-order chi connectivity index (χ0) is 27.8. The van der Waals surface area contributed by atoms with E-state index in [1.165, 1.54) is 12.5 Å². The Kier molecular flexibility index (Phi) is 8.17. The molecule has 1 aliphatic rings. The van der Waals surface area contributed by atoms with Gasteiger partial charge in [-0.25, -0.2) is 9.78 Å². The van der Waals surface area contributed by atoms with Crippen LogP contribution < -0.4 is 4.72 Å². The highest BCUT2D eigenvalue weighted by atomic mass is 32.2. The number of hydrogen-bond acceptors (Lipinski definition) is 6.